The van der Waals surface area contributed by atoms with E-state index >= 15 is 0 Å². The summed E-state index contributed by atoms with van der Waals surface area (Å²) in [6, 6.07) is 0. The number of hydrogen-bond donors (Lipinski definition) is 2. The Bertz CT molecular complexity index is 483. The molecular weight excluding hydrogens is 206 g/mol. The number of imidazole rings is 1. The van der Waals surface area contributed by atoms with Crippen LogP contribution in [0.1, 0.15) is 25.7 Å². The van der Waals surface area contributed by atoms with Crippen molar-refractivity contribution in [1.29, 1.82) is 0 Å². The number of nitrogens with one attached hydrogen (secondary N) is 1. The summed E-state index contributed by atoms with van der Waals surface area (Å²) < 4.78 is 5.21. The van der Waals surface area contributed by atoms with Crippen LogP contribution in [0.2, 0.25) is 0 Å². The normalized spacial score (nSPS) is 19.6. The fourth-order valence-electron chi connectivity index (χ4n) is 1.78. The molecule has 3 rings (SSSR count). The SMILES string of the molecule is CC(N)(c1nc(-c2ncc[nH]2)no1)C1CC1. The first-order valence-electron chi connectivity index (χ1n) is 5.31. The Labute approximate surface area is 92.3 Å². The van der Waals surface area contributed by atoms with Crippen molar-refractivity contribution in [1.82, 2.24) is 20.1 Å². The smallest absolute Gasteiger partial charge is 0.247 e. The number of nitrogens with zero attached hydrogens (tertiary/aromatic N) is 3. The van der Waals surface area contributed by atoms with E-state index < -0.39 is 5.54 Å². The molecule has 6 nitrogen and oxygen atoms in total. The molecule has 0 spiro atoms. The lowest BCUT2D eigenvalue weighted by atomic mass is 9.97. The minimum atomic E-state index is -0.516. The first-order chi connectivity index (χ1) is 7.68. The van der Waals surface area contributed by atoms with E-state index in [1.807, 2.05) is 6.92 Å². The lowest BCUT2D eigenvalue weighted by Crippen LogP contribution is -2.35. The average molecular weight is 219 g/mol. The molecule has 0 saturated heterocycles. The van der Waals surface area contributed by atoms with Gasteiger partial charge in [0.1, 0.15) is 0 Å². The highest BCUT2D eigenvalue weighted by Crippen LogP contribution is 2.43. The molecule has 0 bridgehead atoms. The van der Waals surface area contributed by atoms with Crippen molar-refractivity contribution >= 4 is 0 Å². The third-order valence-electron chi connectivity index (χ3n) is 3.02. The van der Waals surface area contributed by atoms with Gasteiger partial charge in [0, 0.05) is 12.4 Å². The van der Waals surface area contributed by atoms with Crippen molar-refractivity contribution in [2.75, 3.05) is 0 Å². The minimum absolute atomic E-state index is 0.456. The van der Waals surface area contributed by atoms with Gasteiger partial charge in [-0.2, -0.15) is 4.98 Å². The highest BCUT2D eigenvalue weighted by Gasteiger charge is 2.44. The van der Waals surface area contributed by atoms with Gasteiger partial charge in [-0.15, -0.1) is 0 Å². The number of hydrogen-bond acceptors (Lipinski definition) is 5. The maximum atomic E-state index is 6.18. The van der Waals surface area contributed by atoms with Gasteiger partial charge in [0.2, 0.25) is 11.7 Å². The van der Waals surface area contributed by atoms with Crippen molar-refractivity contribution in [2.45, 2.75) is 25.3 Å². The van der Waals surface area contributed by atoms with E-state index in [2.05, 4.69) is 20.1 Å². The summed E-state index contributed by atoms with van der Waals surface area (Å²) in [5.41, 5.74) is 5.67. The monoisotopic (exact) mass is 219 g/mol. The van der Waals surface area contributed by atoms with E-state index in [1.54, 1.807) is 12.4 Å². The van der Waals surface area contributed by atoms with E-state index in [1.165, 1.54) is 0 Å². The molecule has 1 aliphatic rings. The van der Waals surface area contributed by atoms with Crippen LogP contribution in [0.3, 0.4) is 0 Å². The quantitative estimate of drug-likeness (QED) is 0.804. The van der Waals surface area contributed by atoms with Crippen LogP contribution in [-0.2, 0) is 5.54 Å². The number of rotatable bonds is 3. The van der Waals surface area contributed by atoms with Crippen LogP contribution in [0.15, 0.2) is 16.9 Å². The second-order valence-electron chi connectivity index (χ2n) is 4.42. The summed E-state index contributed by atoms with van der Waals surface area (Å²) in [5, 5.41) is 3.88. The lowest BCUT2D eigenvalue weighted by molar-refractivity contribution is 0.273. The van der Waals surface area contributed by atoms with Crippen LogP contribution in [0.4, 0.5) is 0 Å². The number of aromatic amines is 1. The van der Waals surface area contributed by atoms with Crippen molar-refractivity contribution in [3.05, 3.63) is 18.3 Å². The summed E-state index contributed by atoms with van der Waals surface area (Å²) in [5.74, 6) is 2.00. The fourth-order valence-corrected chi connectivity index (χ4v) is 1.78. The zero-order valence-electron chi connectivity index (χ0n) is 8.97. The van der Waals surface area contributed by atoms with Gasteiger partial charge in [-0.1, -0.05) is 5.16 Å². The number of H-pyrrole nitrogens is 1. The predicted molar refractivity (Wildman–Crippen MR) is 56.1 cm³/mol. The Morgan fingerprint density at radius 3 is 3.00 bits per heavy atom. The first kappa shape index (κ1) is 9.53. The molecule has 16 heavy (non-hydrogen) atoms. The Hall–Kier alpha value is -1.69. The van der Waals surface area contributed by atoms with Gasteiger partial charge in [-0.25, -0.2) is 4.98 Å². The molecule has 84 valence electrons. The zero-order chi connectivity index (χ0) is 11.2. The second kappa shape index (κ2) is 3.15. The second-order valence-corrected chi connectivity index (χ2v) is 4.42. The van der Waals surface area contributed by atoms with Gasteiger partial charge in [0.05, 0.1) is 5.54 Å². The molecule has 1 unspecified atom stereocenters. The topological polar surface area (TPSA) is 93.6 Å². The first-order valence-corrected chi connectivity index (χ1v) is 5.31. The molecule has 1 aliphatic carbocycles. The summed E-state index contributed by atoms with van der Waals surface area (Å²) in [6.07, 6.45) is 5.62. The molecule has 1 fully saturated rings. The van der Waals surface area contributed by atoms with Crippen molar-refractivity contribution in [3.8, 4) is 11.6 Å². The third kappa shape index (κ3) is 1.42. The fraction of sp³-hybridized carbons (Fsp3) is 0.500. The Morgan fingerprint density at radius 1 is 1.56 bits per heavy atom. The minimum Gasteiger partial charge on any atom is -0.342 e. The standard InChI is InChI=1S/C10H13N5O/c1-10(11,6-2-3-6)9-14-8(15-16-9)7-12-4-5-13-7/h4-6H,2-3,11H2,1H3,(H,12,13). The Morgan fingerprint density at radius 2 is 2.38 bits per heavy atom. The van der Waals surface area contributed by atoms with Gasteiger partial charge in [-0.05, 0) is 25.7 Å². The molecule has 3 N–H and O–H groups in total. The molecule has 0 aliphatic heterocycles. The molecule has 1 saturated carbocycles. The number of aromatic nitrogens is 4. The van der Waals surface area contributed by atoms with Crippen LogP contribution in [0.25, 0.3) is 11.6 Å². The van der Waals surface area contributed by atoms with E-state index in [9.17, 15) is 0 Å². The van der Waals surface area contributed by atoms with Crippen LogP contribution < -0.4 is 5.73 Å². The van der Waals surface area contributed by atoms with Gasteiger partial charge in [-0.3, -0.25) is 0 Å². The molecule has 6 heteroatoms. The van der Waals surface area contributed by atoms with E-state index in [4.69, 9.17) is 10.3 Å². The van der Waals surface area contributed by atoms with E-state index in [-0.39, 0.29) is 0 Å². The number of nitrogens with two attached hydrogens (primary N) is 1. The maximum absolute atomic E-state index is 6.18. The van der Waals surface area contributed by atoms with Crippen molar-refractivity contribution in [2.24, 2.45) is 11.7 Å². The molecular formula is C10H13N5O. The van der Waals surface area contributed by atoms with Gasteiger partial charge in [0.25, 0.3) is 0 Å². The highest BCUT2D eigenvalue weighted by atomic mass is 16.5. The van der Waals surface area contributed by atoms with Crippen molar-refractivity contribution in [3.63, 3.8) is 0 Å². The molecule has 0 radical (unpaired) electrons. The predicted octanol–water partition coefficient (Wildman–Crippen LogP) is 1.04. The van der Waals surface area contributed by atoms with Crippen LogP contribution in [0.5, 0.6) is 0 Å². The summed E-state index contributed by atoms with van der Waals surface area (Å²) >= 11 is 0. The van der Waals surface area contributed by atoms with E-state index in [0.717, 1.165) is 12.8 Å². The van der Waals surface area contributed by atoms with Gasteiger partial charge in [0.15, 0.2) is 5.82 Å². The van der Waals surface area contributed by atoms with Gasteiger partial charge >= 0.3 is 0 Å². The van der Waals surface area contributed by atoms with Gasteiger partial charge < -0.3 is 15.2 Å². The molecule has 1 atom stereocenters. The molecule has 2 heterocycles. The van der Waals surface area contributed by atoms with Crippen molar-refractivity contribution < 1.29 is 4.52 Å². The summed E-state index contributed by atoms with van der Waals surface area (Å²) in [6.45, 7) is 1.93. The maximum Gasteiger partial charge on any atom is 0.247 e. The molecule has 2 aromatic rings. The molecule has 0 aromatic carbocycles. The average Bonchev–Trinajstić information content (AvgIpc) is 2.82. The third-order valence-corrected chi connectivity index (χ3v) is 3.02. The largest absolute Gasteiger partial charge is 0.342 e. The summed E-state index contributed by atoms with van der Waals surface area (Å²) in [7, 11) is 0. The highest BCUT2D eigenvalue weighted by molar-refractivity contribution is 5.41. The Kier molecular flexibility index (Phi) is 1.88. The summed E-state index contributed by atoms with van der Waals surface area (Å²) in [4.78, 5) is 11.3. The lowest BCUT2D eigenvalue weighted by Gasteiger charge is -2.18. The van der Waals surface area contributed by atoms with E-state index in [0.29, 0.717) is 23.5 Å². The molecule has 2 aromatic heterocycles. The van der Waals surface area contributed by atoms with Crippen LogP contribution in [0, 0.1) is 5.92 Å². The van der Waals surface area contributed by atoms with Crippen LogP contribution >= 0.6 is 0 Å². The molecule has 0 amide bonds. The Balaban J connectivity index is 1.93. The zero-order valence-corrected chi connectivity index (χ0v) is 8.97. The van der Waals surface area contributed by atoms with Crippen LogP contribution in [-0.4, -0.2) is 20.1 Å².